The van der Waals surface area contributed by atoms with Crippen molar-refractivity contribution in [3.63, 3.8) is 0 Å². The van der Waals surface area contributed by atoms with E-state index in [2.05, 4.69) is 11.4 Å². The molecule has 156 valence electrons. The lowest BCUT2D eigenvalue weighted by Crippen LogP contribution is -2.13. The lowest BCUT2D eigenvalue weighted by atomic mass is 10.0. The minimum absolute atomic E-state index is 0.0736. The third kappa shape index (κ3) is 6.28. The fourth-order valence-corrected chi connectivity index (χ4v) is 3.08. The van der Waals surface area contributed by atoms with Crippen molar-refractivity contribution in [3.05, 3.63) is 83.9 Å². The number of hydrogen-bond acceptors (Lipinski definition) is 4. The second kappa shape index (κ2) is 10.7. The minimum atomic E-state index is -0.189. The van der Waals surface area contributed by atoms with Gasteiger partial charge in [-0.25, -0.2) is 0 Å². The summed E-state index contributed by atoms with van der Waals surface area (Å²) in [4.78, 5) is 23.5. The van der Waals surface area contributed by atoms with Gasteiger partial charge < -0.3 is 10.1 Å². The molecule has 1 amide bonds. The fraction of sp³-hybridized carbons (Fsp3) is 0.192. The van der Waals surface area contributed by atoms with Crippen LogP contribution in [0.3, 0.4) is 0 Å². The summed E-state index contributed by atoms with van der Waals surface area (Å²) in [6.45, 7) is 2.16. The highest BCUT2D eigenvalue weighted by molar-refractivity contribution is 5.94. The molecule has 0 saturated carbocycles. The summed E-state index contributed by atoms with van der Waals surface area (Å²) in [6.07, 6.45) is 0.862. The van der Waals surface area contributed by atoms with E-state index in [1.54, 1.807) is 19.1 Å². The molecule has 0 atom stereocenters. The number of rotatable bonds is 9. The van der Waals surface area contributed by atoms with Crippen molar-refractivity contribution in [2.75, 3.05) is 5.32 Å². The predicted octanol–water partition coefficient (Wildman–Crippen LogP) is 5.50. The second-order valence-electron chi connectivity index (χ2n) is 7.12. The van der Waals surface area contributed by atoms with Gasteiger partial charge in [0.2, 0.25) is 5.91 Å². The molecule has 0 aliphatic heterocycles. The molecule has 0 fully saturated rings. The standard InChI is InChI=1S/C26H24N2O3/c1-2-24(29)13-14-26(30)28-23-10-6-9-20(15-23)21-11-12-22(17-27)25(16-21)31-18-19-7-4-3-5-8-19/h3-12,15-16H,2,13-14,18H2,1H3,(H,28,30). The van der Waals surface area contributed by atoms with Gasteiger partial charge >= 0.3 is 0 Å². The van der Waals surface area contributed by atoms with Gasteiger partial charge in [-0.1, -0.05) is 55.5 Å². The highest BCUT2D eigenvalue weighted by Gasteiger charge is 2.10. The van der Waals surface area contributed by atoms with Crippen LogP contribution in [0.5, 0.6) is 5.75 Å². The summed E-state index contributed by atoms with van der Waals surface area (Å²) < 4.78 is 5.91. The number of ketones is 1. The summed E-state index contributed by atoms with van der Waals surface area (Å²) >= 11 is 0. The van der Waals surface area contributed by atoms with Gasteiger partial charge in [0.25, 0.3) is 0 Å². The Morgan fingerprint density at radius 2 is 1.71 bits per heavy atom. The molecule has 0 spiro atoms. The molecular formula is C26H24N2O3. The Labute approximate surface area is 182 Å². The Kier molecular flexibility index (Phi) is 7.56. The first-order valence-electron chi connectivity index (χ1n) is 10.2. The summed E-state index contributed by atoms with van der Waals surface area (Å²) in [6, 6.07) is 24.8. The van der Waals surface area contributed by atoms with Crippen molar-refractivity contribution in [1.82, 2.24) is 0 Å². The average molecular weight is 412 g/mol. The number of amides is 1. The molecule has 0 bridgehead atoms. The Bertz CT molecular complexity index is 1100. The zero-order chi connectivity index (χ0) is 22.1. The topological polar surface area (TPSA) is 79.2 Å². The van der Waals surface area contributed by atoms with Crippen LogP contribution < -0.4 is 10.1 Å². The normalized spacial score (nSPS) is 10.2. The Morgan fingerprint density at radius 3 is 2.45 bits per heavy atom. The quantitative estimate of drug-likeness (QED) is 0.503. The van der Waals surface area contributed by atoms with Crippen LogP contribution in [0.1, 0.15) is 37.3 Å². The summed E-state index contributed by atoms with van der Waals surface area (Å²) in [5, 5.41) is 12.3. The van der Waals surface area contributed by atoms with Gasteiger partial charge in [-0.3, -0.25) is 9.59 Å². The van der Waals surface area contributed by atoms with E-state index < -0.39 is 0 Å². The molecule has 1 N–H and O–H groups in total. The zero-order valence-corrected chi connectivity index (χ0v) is 17.4. The Morgan fingerprint density at radius 1 is 0.935 bits per heavy atom. The smallest absolute Gasteiger partial charge is 0.224 e. The van der Waals surface area contributed by atoms with Crippen molar-refractivity contribution < 1.29 is 14.3 Å². The van der Waals surface area contributed by atoms with Crippen LogP contribution in [0.15, 0.2) is 72.8 Å². The first-order valence-corrected chi connectivity index (χ1v) is 10.2. The number of Topliss-reactive ketones (excluding diaryl/α,β-unsaturated/α-hetero) is 1. The molecule has 0 heterocycles. The number of benzene rings is 3. The second-order valence-corrected chi connectivity index (χ2v) is 7.12. The molecule has 3 aromatic carbocycles. The van der Waals surface area contributed by atoms with E-state index in [9.17, 15) is 14.9 Å². The average Bonchev–Trinajstić information content (AvgIpc) is 2.81. The van der Waals surface area contributed by atoms with Gasteiger partial charge in [-0.05, 0) is 41.0 Å². The maximum absolute atomic E-state index is 12.1. The third-order valence-corrected chi connectivity index (χ3v) is 4.84. The highest BCUT2D eigenvalue weighted by Crippen LogP contribution is 2.29. The van der Waals surface area contributed by atoms with Crippen molar-refractivity contribution in [2.24, 2.45) is 0 Å². The van der Waals surface area contributed by atoms with Crippen LogP contribution in [0, 0.1) is 11.3 Å². The highest BCUT2D eigenvalue weighted by atomic mass is 16.5. The summed E-state index contributed by atoms with van der Waals surface area (Å²) in [7, 11) is 0. The molecule has 31 heavy (non-hydrogen) atoms. The maximum atomic E-state index is 12.1. The maximum Gasteiger partial charge on any atom is 0.224 e. The SMILES string of the molecule is CCC(=O)CCC(=O)Nc1cccc(-c2ccc(C#N)c(OCc3ccccc3)c2)c1. The van der Waals surface area contributed by atoms with Gasteiger partial charge in [0.15, 0.2) is 0 Å². The molecule has 5 heteroatoms. The van der Waals surface area contributed by atoms with E-state index in [1.807, 2.05) is 60.7 Å². The fourth-order valence-electron chi connectivity index (χ4n) is 3.08. The van der Waals surface area contributed by atoms with Crippen molar-refractivity contribution >= 4 is 17.4 Å². The molecular weight excluding hydrogens is 388 g/mol. The molecule has 0 aliphatic carbocycles. The first kappa shape index (κ1) is 21.8. The number of nitriles is 1. The number of ether oxygens (including phenoxy) is 1. The molecule has 0 radical (unpaired) electrons. The number of nitrogens with zero attached hydrogens (tertiary/aromatic N) is 1. The van der Waals surface area contributed by atoms with Gasteiger partial charge in [0.05, 0.1) is 5.56 Å². The van der Waals surface area contributed by atoms with E-state index in [-0.39, 0.29) is 24.5 Å². The third-order valence-electron chi connectivity index (χ3n) is 4.84. The molecule has 0 saturated heterocycles. The molecule has 0 aliphatic rings. The number of carbonyl (C=O) groups is 2. The number of nitrogens with one attached hydrogen (secondary N) is 1. The number of hydrogen-bond donors (Lipinski definition) is 1. The van der Waals surface area contributed by atoms with Crippen LogP contribution in [0.25, 0.3) is 11.1 Å². The van der Waals surface area contributed by atoms with Crippen molar-refractivity contribution in [3.8, 4) is 22.9 Å². The van der Waals surface area contributed by atoms with Gasteiger partial charge in [-0.15, -0.1) is 0 Å². The van der Waals surface area contributed by atoms with Crippen LogP contribution in [-0.2, 0) is 16.2 Å². The first-order chi connectivity index (χ1) is 15.1. The minimum Gasteiger partial charge on any atom is -0.488 e. The molecule has 3 rings (SSSR count). The van der Waals surface area contributed by atoms with Gasteiger partial charge in [0, 0.05) is 24.9 Å². The lowest BCUT2D eigenvalue weighted by molar-refractivity contribution is -0.122. The molecule has 3 aromatic rings. The van der Waals surface area contributed by atoms with Crippen molar-refractivity contribution in [2.45, 2.75) is 32.8 Å². The van der Waals surface area contributed by atoms with Crippen LogP contribution in [-0.4, -0.2) is 11.7 Å². The molecule has 0 aromatic heterocycles. The Balaban J connectivity index is 1.75. The molecule has 0 unspecified atom stereocenters. The van der Waals surface area contributed by atoms with Crippen LogP contribution >= 0.6 is 0 Å². The molecule has 5 nitrogen and oxygen atoms in total. The van der Waals surface area contributed by atoms with Crippen LogP contribution in [0.4, 0.5) is 5.69 Å². The van der Waals surface area contributed by atoms with Crippen LogP contribution in [0.2, 0.25) is 0 Å². The summed E-state index contributed by atoms with van der Waals surface area (Å²) in [5.41, 5.74) is 3.89. The van der Waals surface area contributed by atoms with Gasteiger partial charge in [-0.2, -0.15) is 5.26 Å². The number of carbonyl (C=O) groups excluding carboxylic acids is 2. The predicted molar refractivity (Wildman–Crippen MR) is 121 cm³/mol. The Hall–Kier alpha value is -3.91. The van der Waals surface area contributed by atoms with E-state index >= 15 is 0 Å². The van der Waals surface area contributed by atoms with E-state index in [1.165, 1.54) is 0 Å². The number of anilines is 1. The summed E-state index contributed by atoms with van der Waals surface area (Å²) in [5.74, 6) is 0.395. The van der Waals surface area contributed by atoms with E-state index in [4.69, 9.17) is 4.74 Å². The monoisotopic (exact) mass is 412 g/mol. The van der Waals surface area contributed by atoms with Gasteiger partial charge in [0.1, 0.15) is 24.2 Å². The van der Waals surface area contributed by atoms with E-state index in [0.717, 1.165) is 16.7 Å². The van der Waals surface area contributed by atoms with E-state index in [0.29, 0.717) is 30.0 Å². The zero-order valence-electron chi connectivity index (χ0n) is 17.4. The van der Waals surface area contributed by atoms with Crippen molar-refractivity contribution in [1.29, 1.82) is 5.26 Å². The lowest BCUT2D eigenvalue weighted by Gasteiger charge is -2.11. The largest absolute Gasteiger partial charge is 0.488 e.